The lowest BCUT2D eigenvalue weighted by Crippen LogP contribution is -2.45. The number of hydrogen-bond donors (Lipinski definition) is 2. The number of likely N-dealkylation sites (N-methyl/N-ethyl adjacent to an activating group) is 1. The van der Waals surface area contributed by atoms with Crippen molar-refractivity contribution in [1.29, 1.82) is 0 Å². The van der Waals surface area contributed by atoms with Crippen molar-refractivity contribution in [2.24, 2.45) is 0 Å². The van der Waals surface area contributed by atoms with E-state index in [1.165, 1.54) is 302 Å². The van der Waals surface area contributed by atoms with Crippen molar-refractivity contribution < 1.29 is 32.9 Å². The molecule has 0 spiro atoms. The van der Waals surface area contributed by atoms with Gasteiger partial charge in [-0.3, -0.25) is 9.36 Å². The molecule has 0 saturated heterocycles. The Labute approximate surface area is 506 Å². The molecule has 8 nitrogen and oxygen atoms in total. The number of allylic oxidation sites excluding steroid dienone is 5. The van der Waals surface area contributed by atoms with Gasteiger partial charge in [0.15, 0.2) is 0 Å². The number of hydrogen-bond acceptors (Lipinski definition) is 6. The molecule has 3 atom stereocenters. The molecular weight excluding hydrogens is 1020 g/mol. The quantitative estimate of drug-likeness (QED) is 0.0272. The van der Waals surface area contributed by atoms with Crippen LogP contribution in [0.1, 0.15) is 367 Å². The zero-order chi connectivity index (χ0) is 59.1. The highest BCUT2D eigenvalue weighted by Crippen LogP contribution is 2.38. The topological polar surface area (TPSA) is 108 Å². The summed E-state index contributed by atoms with van der Waals surface area (Å²) in [4.78, 5) is 25.6. The van der Waals surface area contributed by atoms with Crippen LogP contribution in [-0.2, 0) is 18.4 Å². The fourth-order valence-electron chi connectivity index (χ4n) is 11.0. The van der Waals surface area contributed by atoms with Gasteiger partial charge in [-0.05, 0) is 44.9 Å². The Kier molecular flexibility index (Phi) is 62.2. The van der Waals surface area contributed by atoms with Crippen molar-refractivity contribution in [2.45, 2.75) is 379 Å². The fourth-order valence-corrected chi connectivity index (χ4v) is 11.7. The molecule has 1 amide bonds. The summed E-state index contributed by atoms with van der Waals surface area (Å²) < 4.78 is 23.4. The number of quaternary nitrogens is 1. The smallest absolute Gasteiger partial charge is 0.268 e. The van der Waals surface area contributed by atoms with Gasteiger partial charge in [-0.2, -0.15) is 0 Å². The number of phosphoric acid groups is 1. The second-order valence-corrected chi connectivity index (χ2v) is 27.3. The largest absolute Gasteiger partial charge is 0.756 e. The first-order valence-corrected chi connectivity index (χ1v) is 37.3. The number of rotatable bonds is 67. The zero-order valence-corrected chi connectivity index (χ0v) is 55.9. The van der Waals surface area contributed by atoms with Crippen LogP contribution in [0.4, 0.5) is 0 Å². The van der Waals surface area contributed by atoms with Crippen LogP contribution in [0.2, 0.25) is 0 Å². The number of unbranched alkanes of at least 4 members (excludes halogenated alkanes) is 50. The molecular formula is C72H141N2O6P. The number of aliphatic hydroxyl groups excluding tert-OH is 1. The number of phosphoric ester groups is 1. The van der Waals surface area contributed by atoms with E-state index in [0.717, 1.165) is 44.9 Å². The van der Waals surface area contributed by atoms with Gasteiger partial charge in [0.2, 0.25) is 5.91 Å². The van der Waals surface area contributed by atoms with E-state index in [0.29, 0.717) is 17.4 Å². The molecule has 0 aromatic carbocycles. The number of aliphatic hydroxyl groups is 1. The molecule has 0 aromatic rings. The lowest BCUT2D eigenvalue weighted by atomic mass is 10.0. The van der Waals surface area contributed by atoms with Crippen molar-refractivity contribution in [3.05, 3.63) is 36.5 Å². The number of carbonyl (C=O) groups excluding carboxylic acids is 1. The van der Waals surface area contributed by atoms with Crippen LogP contribution in [0.3, 0.4) is 0 Å². The Hall–Kier alpha value is -1.28. The summed E-state index contributed by atoms with van der Waals surface area (Å²) in [6, 6.07) is -0.909. The van der Waals surface area contributed by atoms with Crippen LogP contribution < -0.4 is 10.2 Å². The number of carbonyl (C=O) groups is 1. The van der Waals surface area contributed by atoms with Crippen LogP contribution in [0.15, 0.2) is 36.5 Å². The van der Waals surface area contributed by atoms with E-state index in [9.17, 15) is 19.4 Å². The molecule has 480 valence electrons. The molecule has 9 heteroatoms. The molecule has 2 N–H and O–H groups in total. The van der Waals surface area contributed by atoms with Gasteiger partial charge in [-0.1, -0.05) is 352 Å². The van der Waals surface area contributed by atoms with E-state index in [1.807, 2.05) is 27.2 Å². The molecule has 0 aromatic heterocycles. The van der Waals surface area contributed by atoms with Crippen LogP contribution in [0, 0.1) is 0 Å². The fraction of sp³-hybridized carbons (Fsp3) is 0.903. The molecule has 0 fully saturated rings. The molecule has 0 aliphatic heterocycles. The minimum absolute atomic E-state index is 0.00722. The lowest BCUT2D eigenvalue weighted by Gasteiger charge is -2.29. The molecule has 0 aliphatic rings. The van der Waals surface area contributed by atoms with Crippen molar-refractivity contribution in [3.8, 4) is 0 Å². The van der Waals surface area contributed by atoms with E-state index in [1.54, 1.807) is 6.08 Å². The second-order valence-electron chi connectivity index (χ2n) is 25.9. The standard InChI is InChI=1S/C72H141N2O6P/c1-6-8-10-12-14-16-18-20-22-24-26-27-28-29-30-31-32-33-34-35-36-37-38-39-40-41-42-43-44-45-46-48-50-52-54-56-58-60-62-64-66-72(76)73-70(69-80-81(77,78)79-68-67-74(3,4)5)71(75)65-63-61-59-57-55-53-51-49-47-25-23-21-19-17-15-13-11-9-7-2/h47,49,55,57,63,65,70-71,75H,6-46,48,50-54,56,58-62,64,66-69H2,1-5H3,(H-,73,76,77,78)/b49-47+,57-55+,65-63+. The highest BCUT2D eigenvalue weighted by Gasteiger charge is 2.23. The summed E-state index contributed by atoms with van der Waals surface area (Å²) in [7, 11) is 1.25. The summed E-state index contributed by atoms with van der Waals surface area (Å²) in [6.07, 6.45) is 84.5. The summed E-state index contributed by atoms with van der Waals surface area (Å²) in [5.74, 6) is -0.204. The monoisotopic (exact) mass is 1160 g/mol. The van der Waals surface area contributed by atoms with Gasteiger partial charge in [-0.25, -0.2) is 0 Å². The van der Waals surface area contributed by atoms with Crippen LogP contribution in [0.25, 0.3) is 0 Å². The van der Waals surface area contributed by atoms with Crippen molar-refractivity contribution in [3.63, 3.8) is 0 Å². The van der Waals surface area contributed by atoms with Crippen molar-refractivity contribution >= 4 is 13.7 Å². The molecule has 0 heterocycles. The van der Waals surface area contributed by atoms with Gasteiger partial charge >= 0.3 is 0 Å². The summed E-state index contributed by atoms with van der Waals surface area (Å²) >= 11 is 0. The Bertz CT molecular complexity index is 1410. The van der Waals surface area contributed by atoms with E-state index in [2.05, 4.69) is 43.5 Å². The van der Waals surface area contributed by atoms with Crippen LogP contribution >= 0.6 is 7.82 Å². The van der Waals surface area contributed by atoms with Crippen molar-refractivity contribution in [1.82, 2.24) is 5.32 Å². The van der Waals surface area contributed by atoms with Crippen LogP contribution in [-0.4, -0.2) is 68.5 Å². The van der Waals surface area contributed by atoms with Gasteiger partial charge in [0.1, 0.15) is 13.2 Å². The molecule has 0 rings (SSSR count). The van der Waals surface area contributed by atoms with Gasteiger partial charge in [0.05, 0.1) is 39.9 Å². The molecule has 3 unspecified atom stereocenters. The Balaban J connectivity index is 3.91. The maximum atomic E-state index is 13.0. The zero-order valence-electron chi connectivity index (χ0n) is 55.0. The van der Waals surface area contributed by atoms with Crippen molar-refractivity contribution in [2.75, 3.05) is 40.9 Å². The molecule has 0 saturated carbocycles. The number of amides is 1. The average Bonchev–Trinajstić information content (AvgIpc) is 3.43. The normalized spacial score (nSPS) is 13.8. The minimum Gasteiger partial charge on any atom is -0.756 e. The summed E-state index contributed by atoms with van der Waals surface area (Å²) in [5.41, 5.74) is 0. The second kappa shape index (κ2) is 63.2. The SMILES string of the molecule is CCCCCCCCCCC/C=C/CC/C=C/CC/C=C/C(O)C(COP(=O)([O-])OCC[N+](C)(C)C)NC(=O)CCCCCCCCCCCCCCCCCCCCCCCCCCCCCCCCCCCCCCCCCC. The van der Waals surface area contributed by atoms with Gasteiger partial charge in [0.25, 0.3) is 7.82 Å². The molecule has 0 bridgehead atoms. The lowest BCUT2D eigenvalue weighted by molar-refractivity contribution is -0.870. The first kappa shape index (κ1) is 79.7. The maximum Gasteiger partial charge on any atom is 0.268 e. The molecule has 81 heavy (non-hydrogen) atoms. The highest BCUT2D eigenvalue weighted by molar-refractivity contribution is 7.45. The average molecular weight is 1160 g/mol. The molecule has 0 aliphatic carbocycles. The minimum atomic E-state index is -4.61. The van der Waals surface area contributed by atoms with E-state index < -0.39 is 26.6 Å². The number of nitrogens with one attached hydrogen (secondary N) is 1. The van der Waals surface area contributed by atoms with Gasteiger partial charge < -0.3 is 28.8 Å². The van der Waals surface area contributed by atoms with E-state index in [-0.39, 0.29) is 12.5 Å². The highest BCUT2D eigenvalue weighted by atomic mass is 31.2. The third-order valence-corrected chi connectivity index (χ3v) is 17.5. The van der Waals surface area contributed by atoms with E-state index in [4.69, 9.17) is 9.05 Å². The Morgan fingerprint density at radius 2 is 0.691 bits per heavy atom. The van der Waals surface area contributed by atoms with Gasteiger partial charge in [-0.15, -0.1) is 0 Å². The first-order valence-electron chi connectivity index (χ1n) is 35.9. The van der Waals surface area contributed by atoms with E-state index >= 15 is 0 Å². The summed E-state index contributed by atoms with van der Waals surface area (Å²) in [6.45, 7) is 4.67. The summed E-state index contributed by atoms with van der Waals surface area (Å²) in [5, 5.41) is 13.9. The predicted octanol–water partition coefficient (Wildman–Crippen LogP) is 22.2. The first-order chi connectivity index (χ1) is 39.5. The Morgan fingerprint density at radius 1 is 0.420 bits per heavy atom. The number of nitrogens with zero attached hydrogens (tertiary/aromatic N) is 1. The third kappa shape index (κ3) is 66.1. The van der Waals surface area contributed by atoms with Gasteiger partial charge in [0, 0.05) is 6.42 Å². The molecule has 0 radical (unpaired) electrons. The van der Waals surface area contributed by atoms with Crippen LogP contribution in [0.5, 0.6) is 0 Å². The Morgan fingerprint density at radius 3 is 1.00 bits per heavy atom. The predicted molar refractivity (Wildman–Crippen MR) is 353 cm³/mol. The maximum absolute atomic E-state index is 13.0. The third-order valence-electron chi connectivity index (χ3n) is 16.6.